The van der Waals surface area contributed by atoms with Gasteiger partial charge in [0.05, 0.1) is 43.4 Å². The lowest BCUT2D eigenvalue weighted by atomic mass is 9.41. The SMILES string of the molecule is C[C@@H]1C[C@@H](O)[C@]23CO[C@H]4O[C@H](c5ccoc5)C[C@@]41[C@H]2CCC[C@]31CO1. The molecule has 1 N–H and O–H groups in total. The number of rotatable bonds is 1. The van der Waals surface area contributed by atoms with Gasteiger partial charge in [-0.3, -0.25) is 0 Å². The second-order valence-corrected chi connectivity index (χ2v) is 9.06. The molecule has 1 aromatic heterocycles. The first kappa shape index (κ1) is 15.2. The molecule has 5 fully saturated rings. The van der Waals surface area contributed by atoms with Crippen molar-refractivity contribution in [3.05, 3.63) is 24.2 Å². The Kier molecular flexibility index (Phi) is 2.85. The molecule has 3 aliphatic heterocycles. The molecule has 0 amide bonds. The number of aliphatic hydroxyl groups is 1. The first-order valence-electron chi connectivity index (χ1n) is 9.74. The zero-order valence-corrected chi connectivity index (χ0v) is 14.6. The number of epoxide rings is 1. The predicted octanol–water partition coefficient (Wildman–Crippen LogP) is 3.04. The quantitative estimate of drug-likeness (QED) is 0.792. The fourth-order valence-electron chi connectivity index (χ4n) is 7.16. The predicted molar refractivity (Wildman–Crippen MR) is 87.6 cm³/mol. The molecule has 6 rings (SSSR count). The van der Waals surface area contributed by atoms with Crippen LogP contribution in [0.1, 0.15) is 50.7 Å². The van der Waals surface area contributed by atoms with Gasteiger partial charge in [0.25, 0.3) is 0 Å². The maximum Gasteiger partial charge on any atom is 0.164 e. The normalized spacial score (nSPS) is 56.5. The van der Waals surface area contributed by atoms with E-state index in [4.69, 9.17) is 18.6 Å². The lowest BCUT2D eigenvalue weighted by Gasteiger charge is -2.66. The molecule has 5 heteroatoms. The fourth-order valence-corrected chi connectivity index (χ4v) is 7.16. The number of furan rings is 1. The van der Waals surface area contributed by atoms with Crippen LogP contribution in [0.25, 0.3) is 0 Å². The summed E-state index contributed by atoms with van der Waals surface area (Å²) in [5, 5.41) is 11.2. The Labute approximate surface area is 147 Å². The van der Waals surface area contributed by atoms with E-state index in [1.807, 2.05) is 6.07 Å². The zero-order valence-electron chi connectivity index (χ0n) is 14.6. The van der Waals surface area contributed by atoms with E-state index in [9.17, 15) is 5.11 Å². The summed E-state index contributed by atoms with van der Waals surface area (Å²) in [7, 11) is 0. The summed E-state index contributed by atoms with van der Waals surface area (Å²) in [6.45, 7) is 3.63. The molecular weight excluding hydrogens is 320 g/mol. The van der Waals surface area contributed by atoms with Gasteiger partial charge in [-0.15, -0.1) is 0 Å². The molecule has 2 bridgehead atoms. The topological polar surface area (TPSA) is 64.4 Å². The molecule has 5 aliphatic rings. The van der Waals surface area contributed by atoms with Crippen molar-refractivity contribution in [1.82, 2.24) is 0 Å². The molecule has 2 aliphatic carbocycles. The maximum atomic E-state index is 11.2. The zero-order chi connectivity index (χ0) is 16.9. The van der Waals surface area contributed by atoms with E-state index in [1.165, 1.54) is 6.42 Å². The Balaban J connectivity index is 1.47. The van der Waals surface area contributed by atoms with Crippen molar-refractivity contribution in [2.24, 2.45) is 22.7 Å². The van der Waals surface area contributed by atoms with Crippen molar-refractivity contribution >= 4 is 0 Å². The molecule has 3 saturated heterocycles. The summed E-state index contributed by atoms with van der Waals surface area (Å²) in [4.78, 5) is 0. The Morgan fingerprint density at radius 2 is 2.16 bits per heavy atom. The second kappa shape index (κ2) is 4.69. The van der Waals surface area contributed by atoms with Crippen LogP contribution in [0.5, 0.6) is 0 Å². The summed E-state index contributed by atoms with van der Waals surface area (Å²) < 4.78 is 24.1. The average Bonchev–Trinajstić information content (AvgIpc) is 3.06. The fraction of sp³-hybridized carbons (Fsp3) is 0.800. The smallest absolute Gasteiger partial charge is 0.164 e. The second-order valence-electron chi connectivity index (χ2n) is 9.06. The summed E-state index contributed by atoms with van der Waals surface area (Å²) in [5.41, 5.74) is 0.674. The monoisotopic (exact) mass is 346 g/mol. The third-order valence-electron chi connectivity index (χ3n) is 8.43. The van der Waals surface area contributed by atoms with Gasteiger partial charge in [0.15, 0.2) is 6.29 Å². The summed E-state index contributed by atoms with van der Waals surface area (Å²) >= 11 is 0. The molecule has 2 saturated carbocycles. The molecular formula is C20H26O5. The standard InChI is InChI=1S/C20H26O5/c1-12-7-16(21)20-11-23-17-19(12,8-14(25-17)13-4-6-22-9-13)15(20)3-2-5-18(20)10-24-18/h4,6,9,12,14-17,21H,2-3,5,7-8,10-11H2,1H3/t12-,14+,15-,16-,17+,18+,19-,20+/m1/s1. The lowest BCUT2D eigenvalue weighted by Crippen LogP contribution is -2.71. The van der Waals surface area contributed by atoms with Crippen LogP contribution in [-0.4, -0.2) is 36.3 Å². The third kappa shape index (κ3) is 1.61. The van der Waals surface area contributed by atoms with Crippen molar-refractivity contribution in [2.45, 2.75) is 63.1 Å². The number of hydrogen-bond donors (Lipinski definition) is 1. The van der Waals surface area contributed by atoms with Crippen LogP contribution in [0.2, 0.25) is 0 Å². The van der Waals surface area contributed by atoms with E-state index >= 15 is 0 Å². The Morgan fingerprint density at radius 1 is 1.28 bits per heavy atom. The van der Waals surface area contributed by atoms with Gasteiger partial charge in [0.1, 0.15) is 5.60 Å². The van der Waals surface area contributed by atoms with Crippen molar-refractivity contribution in [2.75, 3.05) is 13.2 Å². The van der Waals surface area contributed by atoms with E-state index in [1.54, 1.807) is 12.5 Å². The lowest BCUT2D eigenvalue weighted by molar-refractivity contribution is -0.331. The molecule has 0 radical (unpaired) electrons. The highest BCUT2D eigenvalue weighted by molar-refractivity contribution is 5.26. The van der Waals surface area contributed by atoms with Crippen molar-refractivity contribution < 1.29 is 23.7 Å². The van der Waals surface area contributed by atoms with Crippen LogP contribution in [0.4, 0.5) is 0 Å². The number of ether oxygens (including phenoxy) is 3. The van der Waals surface area contributed by atoms with Gasteiger partial charge in [0.2, 0.25) is 0 Å². The Morgan fingerprint density at radius 3 is 2.92 bits per heavy atom. The molecule has 0 aromatic carbocycles. The van der Waals surface area contributed by atoms with Gasteiger partial charge < -0.3 is 23.7 Å². The third-order valence-corrected chi connectivity index (χ3v) is 8.43. The minimum atomic E-state index is -0.338. The van der Waals surface area contributed by atoms with Gasteiger partial charge in [-0.2, -0.15) is 0 Å². The highest BCUT2D eigenvalue weighted by Crippen LogP contribution is 2.74. The van der Waals surface area contributed by atoms with E-state index in [2.05, 4.69) is 6.92 Å². The molecule has 4 heterocycles. The first-order chi connectivity index (χ1) is 12.1. The van der Waals surface area contributed by atoms with Gasteiger partial charge in [0, 0.05) is 11.0 Å². The van der Waals surface area contributed by atoms with Gasteiger partial charge >= 0.3 is 0 Å². The molecule has 8 atom stereocenters. The Bertz CT molecular complexity index is 682. The number of hydrogen-bond acceptors (Lipinski definition) is 5. The van der Waals surface area contributed by atoms with Crippen molar-refractivity contribution in [1.29, 1.82) is 0 Å². The maximum absolute atomic E-state index is 11.2. The molecule has 2 spiro atoms. The van der Waals surface area contributed by atoms with Crippen LogP contribution in [0.15, 0.2) is 23.0 Å². The van der Waals surface area contributed by atoms with Crippen LogP contribution >= 0.6 is 0 Å². The van der Waals surface area contributed by atoms with Crippen LogP contribution < -0.4 is 0 Å². The minimum absolute atomic E-state index is 0.0234. The van der Waals surface area contributed by atoms with Crippen molar-refractivity contribution in [3.8, 4) is 0 Å². The van der Waals surface area contributed by atoms with Gasteiger partial charge in [-0.05, 0) is 43.6 Å². The molecule has 136 valence electrons. The first-order valence-corrected chi connectivity index (χ1v) is 9.74. The summed E-state index contributed by atoms with van der Waals surface area (Å²) in [6.07, 6.45) is 8.17. The van der Waals surface area contributed by atoms with Crippen LogP contribution in [0, 0.1) is 22.7 Å². The van der Waals surface area contributed by atoms with Crippen LogP contribution in [-0.2, 0) is 14.2 Å². The van der Waals surface area contributed by atoms with Crippen LogP contribution in [0.3, 0.4) is 0 Å². The molecule has 0 unspecified atom stereocenters. The molecule has 1 aromatic rings. The van der Waals surface area contributed by atoms with E-state index in [-0.39, 0.29) is 34.9 Å². The van der Waals surface area contributed by atoms with E-state index in [0.29, 0.717) is 18.4 Å². The average molecular weight is 346 g/mol. The highest BCUT2D eigenvalue weighted by atomic mass is 16.7. The van der Waals surface area contributed by atoms with E-state index in [0.717, 1.165) is 37.9 Å². The molecule has 5 nitrogen and oxygen atoms in total. The van der Waals surface area contributed by atoms with Crippen molar-refractivity contribution in [3.63, 3.8) is 0 Å². The van der Waals surface area contributed by atoms with Gasteiger partial charge in [-0.1, -0.05) is 13.3 Å². The highest BCUT2D eigenvalue weighted by Gasteiger charge is 2.79. The number of aliphatic hydroxyl groups excluding tert-OH is 1. The minimum Gasteiger partial charge on any atom is -0.472 e. The molecule has 25 heavy (non-hydrogen) atoms. The van der Waals surface area contributed by atoms with Gasteiger partial charge in [-0.25, -0.2) is 0 Å². The summed E-state index contributed by atoms with van der Waals surface area (Å²) in [6, 6.07) is 2.00. The Hall–Kier alpha value is -0.880. The largest absolute Gasteiger partial charge is 0.472 e. The summed E-state index contributed by atoms with van der Waals surface area (Å²) in [5.74, 6) is 0.780. The van der Waals surface area contributed by atoms with E-state index < -0.39 is 0 Å².